The molecule has 1 aliphatic heterocycles. The summed E-state index contributed by atoms with van der Waals surface area (Å²) < 4.78 is 0. The number of nitrogens with zero attached hydrogens (tertiary/aromatic N) is 1. The first-order chi connectivity index (χ1) is 7.74. The Morgan fingerprint density at radius 2 is 2.00 bits per heavy atom. The van der Waals surface area contributed by atoms with Crippen LogP contribution in [0.5, 0.6) is 0 Å². The van der Waals surface area contributed by atoms with E-state index in [1.165, 1.54) is 58.4 Å². The molecule has 1 heterocycles. The Kier molecular flexibility index (Phi) is 7.06. The lowest BCUT2D eigenvalue weighted by Gasteiger charge is -2.21. The van der Waals surface area contributed by atoms with E-state index in [0.29, 0.717) is 0 Å². The first-order valence-corrected chi connectivity index (χ1v) is 7.17. The molecule has 1 saturated heterocycles. The molecule has 0 aromatic rings. The van der Waals surface area contributed by atoms with Gasteiger partial charge in [0.2, 0.25) is 0 Å². The molecule has 1 unspecified atom stereocenters. The summed E-state index contributed by atoms with van der Waals surface area (Å²) in [6.07, 6.45) is 5.49. The molecule has 96 valence electrons. The standard InChI is InChI=1S/C14H30N2/c1-4-8-15-9-12-16-10-5-6-14(7-11-16)13(2)3/h13-15H,4-12H2,1-3H3. The highest BCUT2D eigenvalue weighted by atomic mass is 15.1. The summed E-state index contributed by atoms with van der Waals surface area (Å²) >= 11 is 0. The Hall–Kier alpha value is -0.0800. The van der Waals surface area contributed by atoms with Crippen LogP contribution in [0.15, 0.2) is 0 Å². The quantitative estimate of drug-likeness (QED) is 0.701. The third-order valence-electron chi connectivity index (χ3n) is 3.84. The zero-order valence-corrected chi connectivity index (χ0v) is 11.5. The van der Waals surface area contributed by atoms with Crippen LogP contribution in [0.2, 0.25) is 0 Å². The van der Waals surface area contributed by atoms with Crippen molar-refractivity contribution in [3.8, 4) is 0 Å². The lowest BCUT2D eigenvalue weighted by atomic mass is 9.89. The summed E-state index contributed by atoms with van der Waals surface area (Å²) in [6.45, 7) is 13.2. The van der Waals surface area contributed by atoms with Gasteiger partial charge in [-0.2, -0.15) is 0 Å². The molecule has 0 aliphatic carbocycles. The summed E-state index contributed by atoms with van der Waals surface area (Å²) in [5.74, 6) is 1.84. The van der Waals surface area contributed by atoms with Crippen LogP contribution in [0.3, 0.4) is 0 Å². The monoisotopic (exact) mass is 226 g/mol. The topological polar surface area (TPSA) is 15.3 Å². The summed E-state index contributed by atoms with van der Waals surface area (Å²) in [7, 11) is 0. The van der Waals surface area contributed by atoms with Crippen LogP contribution in [-0.4, -0.2) is 37.6 Å². The second-order valence-corrected chi connectivity index (χ2v) is 5.53. The second-order valence-electron chi connectivity index (χ2n) is 5.53. The minimum Gasteiger partial charge on any atom is -0.315 e. The smallest absolute Gasteiger partial charge is 0.0107 e. The van der Waals surface area contributed by atoms with Gasteiger partial charge >= 0.3 is 0 Å². The van der Waals surface area contributed by atoms with E-state index in [4.69, 9.17) is 0 Å². The molecule has 1 N–H and O–H groups in total. The molecule has 16 heavy (non-hydrogen) atoms. The lowest BCUT2D eigenvalue weighted by Crippen LogP contribution is -2.33. The van der Waals surface area contributed by atoms with Crippen LogP contribution in [0.4, 0.5) is 0 Å². The first kappa shape index (κ1) is 14.0. The molecule has 1 rings (SSSR count). The van der Waals surface area contributed by atoms with Crippen LogP contribution < -0.4 is 5.32 Å². The van der Waals surface area contributed by atoms with Crippen LogP contribution >= 0.6 is 0 Å². The largest absolute Gasteiger partial charge is 0.315 e. The van der Waals surface area contributed by atoms with Crippen molar-refractivity contribution in [2.24, 2.45) is 11.8 Å². The molecule has 1 aliphatic rings. The van der Waals surface area contributed by atoms with Crippen LogP contribution in [0, 0.1) is 11.8 Å². The van der Waals surface area contributed by atoms with Crippen molar-refractivity contribution in [3.05, 3.63) is 0 Å². The zero-order chi connectivity index (χ0) is 11.8. The van der Waals surface area contributed by atoms with Crippen molar-refractivity contribution in [3.63, 3.8) is 0 Å². The molecular formula is C14H30N2. The summed E-state index contributed by atoms with van der Waals surface area (Å²) in [6, 6.07) is 0. The van der Waals surface area contributed by atoms with E-state index in [0.717, 1.165) is 11.8 Å². The number of nitrogens with one attached hydrogen (secondary N) is 1. The Morgan fingerprint density at radius 1 is 1.19 bits per heavy atom. The first-order valence-electron chi connectivity index (χ1n) is 7.17. The third-order valence-corrected chi connectivity index (χ3v) is 3.84. The molecule has 0 bridgehead atoms. The number of rotatable bonds is 6. The predicted octanol–water partition coefficient (Wildman–Crippen LogP) is 2.74. The predicted molar refractivity (Wildman–Crippen MR) is 71.8 cm³/mol. The minimum atomic E-state index is 0.873. The molecule has 0 amide bonds. The number of likely N-dealkylation sites (tertiary alicyclic amines) is 1. The van der Waals surface area contributed by atoms with Crippen LogP contribution in [0.25, 0.3) is 0 Å². The minimum absolute atomic E-state index is 0.873. The Balaban J connectivity index is 2.15. The molecule has 0 radical (unpaired) electrons. The van der Waals surface area contributed by atoms with E-state index in [1.807, 2.05) is 0 Å². The molecule has 1 fully saturated rings. The van der Waals surface area contributed by atoms with Crippen LogP contribution in [0.1, 0.15) is 46.5 Å². The van der Waals surface area contributed by atoms with E-state index in [-0.39, 0.29) is 0 Å². The van der Waals surface area contributed by atoms with E-state index >= 15 is 0 Å². The highest BCUT2D eigenvalue weighted by Crippen LogP contribution is 2.24. The Labute approximate surface area is 102 Å². The van der Waals surface area contributed by atoms with Crippen LogP contribution in [-0.2, 0) is 0 Å². The fraction of sp³-hybridized carbons (Fsp3) is 1.00. The van der Waals surface area contributed by atoms with Gasteiger partial charge in [0.05, 0.1) is 0 Å². The molecule has 2 nitrogen and oxygen atoms in total. The van der Waals surface area contributed by atoms with Gasteiger partial charge in [0, 0.05) is 13.1 Å². The maximum absolute atomic E-state index is 3.50. The van der Waals surface area contributed by atoms with Crippen molar-refractivity contribution in [1.29, 1.82) is 0 Å². The van der Waals surface area contributed by atoms with Gasteiger partial charge < -0.3 is 10.2 Å². The zero-order valence-electron chi connectivity index (χ0n) is 11.5. The van der Waals surface area contributed by atoms with Crippen molar-refractivity contribution in [1.82, 2.24) is 10.2 Å². The van der Waals surface area contributed by atoms with Crippen molar-refractivity contribution in [2.75, 3.05) is 32.7 Å². The van der Waals surface area contributed by atoms with Gasteiger partial charge in [0.25, 0.3) is 0 Å². The second kappa shape index (κ2) is 8.08. The molecular weight excluding hydrogens is 196 g/mol. The van der Waals surface area contributed by atoms with E-state index < -0.39 is 0 Å². The average molecular weight is 226 g/mol. The van der Waals surface area contributed by atoms with Crippen molar-refractivity contribution < 1.29 is 0 Å². The fourth-order valence-electron chi connectivity index (χ4n) is 2.61. The molecule has 1 atom stereocenters. The van der Waals surface area contributed by atoms with Crippen molar-refractivity contribution >= 4 is 0 Å². The third kappa shape index (κ3) is 5.31. The average Bonchev–Trinajstić information content (AvgIpc) is 2.50. The Morgan fingerprint density at radius 3 is 2.69 bits per heavy atom. The summed E-state index contributed by atoms with van der Waals surface area (Å²) in [5.41, 5.74) is 0. The SMILES string of the molecule is CCCNCCN1CCCC(C(C)C)CC1. The fourth-order valence-corrected chi connectivity index (χ4v) is 2.61. The van der Waals surface area contributed by atoms with E-state index in [2.05, 4.69) is 31.0 Å². The summed E-state index contributed by atoms with van der Waals surface area (Å²) in [5, 5.41) is 3.50. The maximum Gasteiger partial charge on any atom is 0.0107 e. The lowest BCUT2D eigenvalue weighted by molar-refractivity contribution is 0.272. The molecule has 0 aromatic heterocycles. The molecule has 0 aromatic carbocycles. The highest BCUT2D eigenvalue weighted by molar-refractivity contribution is 4.72. The van der Waals surface area contributed by atoms with Gasteiger partial charge in [-0.25, -0.2) is 0 Å². The van der Waals surface area contributed by atoms with Gasteiger partial charge in [-0.1, -0.05) is 20.8 Å². The van der Waals surface area contributed by atoms with Gasteiger partial charge in [-0.15, -0.1) is 0 Å². The molecule has 0 saturated carbocycles. The number of hydrogen-bond acceptors (Lipinski definition) is 2. The molecule has 0 spiro atoms. The van der Waals surface area contributed by atoms with Gasteiger partial charge in [-0.05, 0) is 57.2 Å². The maximum atomic E-state index is 3.50. The van der Waals surface area contributed by atoms with Gasteiger partial charge in [0.15, 0.2) is 0 Å². The number of hydrogen-bond donors (Lipinski definition) is 1. The normalized spacial score (nSPS) is 23.6. The Bertz CT molecular complexity index is 168. The van der Waals surface area contributed by atoms with E-state index in [9.17, 15) is 0 Å². The molecule has 2 heteroatoms. The van der Waals surface area contributed by atoms with Gasteiger partial charge in [0.1, 0.15) is 0 Å². The van der Waals surface area contributed by atoms with Crippen molar-refractivity contribution in [2.45, 2.75) is 46.5 Å². The van der Waals surface area contributed by atoms with E-state index in [1.54, 1.807) is 0 Å². The summed E-state index contributed by atoms with van der Waals surface area (Å²) in [4.78, 5) is 2.64. The van der Waals surface area contributed by atoms with Gasteiger partial charge in [-0.3, -0.25) is 0 Å². The highest BCUT2D eigenvalue weighted by Gasteiger charge is 2.18.